The van der Waals surface area contributed by atoms with E-state index in [0.29, 0.717) is 181 Å². The zero-order valence-corrected chi connectivity index (χ0v) is 82.4. The van der Waals surface area contributed by atoms with Gasteiger partial charge in [-0.1, -0.05) is 194 Å². The molecule has 16 rings (SSSR count). The first-order valence-corrected chi connectivity index (χ1v) is 47.6. The van der Waals surface area contributed by atoms with Crippen LogP contribution in [0.5, 0.6) is 92.0 Å². The molecule has 16 aromatic carbocycles. The van der Waals surface area contributed by atoms with Crippen LogP contribution in [0.3, 0.4) is 0 Å². The number of carbonyl (C=O) groups is 4. The monoisotopic (exact) mass is 1960 g/mol. The third kappa shape index (κ3) is 26.6. The summed E-state index contributed by atoms with van der Waals surface area (Å²) in [5.74, 6) is 3.86. The molecule has 16 aromatic rings. The second-order valence-electron chi connectivity index (χ2n) is 34.4. The molecular weight excluding hydrogens is 1850 g/mol. The molecule has 23 nitrogen and oxygen atoms in total. The third-order valence-electron chi connectivity index (χ3n) is 24.4. The number of hydrogen-bond donors (Lipinski definition) is 1. The van der Waals surface area contributed by atoms with Gasteiger partial charge in [0.2, 0.25) is 0 Å². The van der Waals surface area contributed by atoms with Crippen LogP contribution in [0.4, 0.5) is 0 Å². The molecule has 146 heavy (non-hydrogen) atoms. The van der Waals surface area contributed by atoms with E-state index in [1.807, 2.05) is 188 Å². The van der Waals surface area contributed by atoms with Gasteiger partial charge >= 0.3 is 23.9 Å². The first kappa shape index (κ1) is 102. The van der Waals surface area contributed by atoms with Gasteiger partial charge in [0.25, 0.3) is 0 Å². The van der Waals surface area contributed by atoms with Crippen LogP contribution < -0.4 is 75.8 Å². The Morgan fingerprint density at radius 1 is 0.212 bits per heavy atom. The maximum atomic E-state index is 14.7. The van der Waals surface area contributed by atoms with Gasteiger partial charge in [-0.05, 0) is 174 Å². The highest BCUT2D eigenvalue weighted by molar-refractivity contribution is 5.93. The average Bonchev–Trinajstić information content (AvgIpc) is 0.780. The van der Waals surface area contributed by atoms with E-state index in [-0.39, 0.29) is 114 Å². The second-order valence-corrected chi connectivity index (χ2v) is 34.4. The molecule has 0 unspecified atom stereocenters. The van der Waals surface area contributed by atoms with Crippen LogP contribution in [0.15, 0.2) is 346 Å². The lowest BCUT2D eigenvalue weighted by Gasteiger charge is -2.22. The lowest BCUT2D eigenvalue weighted by atomic mass is 9.91. The molecule has 0 fully saturated rings. The molecule has 742 valence electrons. The van der Waals surface area contributed by atoms with Crippen molar-refractivity contribution in [1.29, 1.82) is 0 Å². The van der Waals surface area contributed by atoms with Crippen molar-refractivity contribution in [3.05, 3.63) is 474 Å². The Balaban J connectivity index is 0.819. The highest BCUT2D eigenvalue weighted by Crippen LogP contribution is 2.47. The van der Waals surface area contributed by atoms with Crippen LogP contribution >= 0.6 is 0 Å². The summed E-state index contributed by atoms with van der Waals surface area (Å²) in [6.45, 7) is 0.916. The first-order valence-electron chi connectivity index (χ1n) is 47.6. The molecule has 0 saturated heterocycles. The Hall–Kier alpha value is -17.1. The highest BCUT2D eigenvalue weighted by atomic mass is 16.7. The smallest absolute Gasteiger partial charge is 0.343 e. The van der Waals surface area contributed by atoms with Crippen molar-refractivity contribution in [3.63, 3.8) is 0 Å². The maximum Gasteiger partial charge on any atom is 0.343 e. The molecule has 0 aliphatic carbocycles. The Morgan fingerprint density at radius 2 is 0.418 bits per heavy atom. The summed E-state index contributed by atoms with van der Waals surface area (Å²) in [6.07, 6.45) is 0.672. The molecule has 23 heteroatoms. The van der Waals surface area contributed by atoms with Crippen molar-refractivity contribution in [2.75, 3.05) is 76.9 Å². The summed E-state index contributed by atoms with van der Waals surface area (Å²) < 4.78 is 116. The summed E-state index contributed by atoms with van der Waals surface area (Å²) >= 11 is 0. The van der Waals surface area contributed by atoms with Crippen molar-refractivity contribution >= 4 is 23.9 Å². The molecule has 1 N–H and O–H groups in total. The van der Waals surface area contributed by atoms with Crippen molar-refractivity contribution in [3.8, 4) is 92.0 Å². The molecule has 0 saturated carbocycles. The topological polar surface area (TPSA) is 255 Å². The van der Waals surface area contributed by atoms with Crippen molar-refractivity contribution < 1.29 is 110 Å². The third-order valence-corrected chi connectivity index (χ3v) is 24.4. The quantitative estimate of drug-likeness (QED) is 0.0161. The normalized spacial score (nSPS) is 10.9. The molecule has 0 aliphatic heterocycles. The fourth-order valence-corrected chi connectivity index (χ4v) is 17.8. The first-order chi connectivity index (χ1) is 71.5. The van der Waals surface area contributed by atoms with Gasteiger partial charge in [-0.15, -0.1) is 0 Å². The predicted molar refractivity (Wildman–Crippen MR) is 555 cm³/mol. The molecule has 0 aromatic heterocycles. The number of aliphatic hydroxyl groups excluding tert-OH is 1. The van der Waals surface area contributed by atoms with E-state index < -0.39 is 23.9 Å². The van der Waals surface area contributed by atoms with Crippen LogP contribution in [-0.4, -0.2) is 106 Å². The number of ether oxygens (including phenoxy) is 18. The number of methoxy groups -OCH3 is 8. The largest absolute Gasteiger partial charge is 0.496 e. The van der Waals surface area contributed by atoms with Gasteiger partial charge < -0.3 is 90.4 Å². The zero-order valence-electron chi connectivity index (χ0n) is 82.4. The molecular formula is C123H112O23. The van der Waals surface area contributed by atoms with E-state index in [0.717, 1.165) is 22.3 Å². The minimum atomic E-state index is -0.624. The summed E-state index contributed by atoms with van der Waals surface area (Å²) in [6, 6.07) is 105. The summed E-state index contributed by atoms with van der Waals surface area (Å²) in [4.78, 5) is 57.4. The number of benzene rings is 16. The van der Waals surface area contributed by atoms with Gasteiger partial charge in [0.15, 0.2) is 6.79 Å². The number of esters is 4. The van der Waals surface area contributed by atoms with Gasteiger partial charge in [0, 0.05) is 136 Å². The average molecular weight is 1960 g/mol. The molecule has 0 amide bonds. The number of hydrogen-bond acceptors (Lipinski definition) is 23. The highest BCUT2D eigenvalue weighted by Gasteiger charge is 2.30. The molecule has 0 radical (unpaired) electrons. The van der Waals surface area contributed by atoms with Crippen LogP contribution in [0, 0.1) is 0 Å². The van der Waals surface area contributed by atoms with Crippen molar-refractivity contribution in [2.24, 2.45) is 0 Å². The Kier molecular flexibility index (Phi) is 35.2. The Labute approximate surface area is 849 Å². The fourth-order valence-electron chi connectivity index (χ4n) is 17.8. The van der Waals surface area contributed by atoms with Gasteiger partial charge in [0.1, 0.15) is 118 Å². The minimum absolute atomic E-state index is 0.0561. The predicted octanol–water partition coefficient (Wildman–Crippen LogP) is 23.6. The molecule has 0 spiro atoms. The summed E-state index contributed by atoms with van der Waals surface area (Å²) in [5, 5.41) is 10.9. The van der Waals surface area contributed by atoms with Gasteiger partial charge in [-0.2, -0.15) is 0 Å². The van der Waals surface area contributed by atoms with Gasteiger partial charge in [-0.3, -0.25) is 0 Å². The standard InChI is InChI=1S/C123H112O23/c1-129-51-52-137-80-142-112-50-49-104(143-120(125)85-41-25-13-26-42-85)60-89(112)53-90-61-105(138-76-81-33-17-9-18-34-81)62-91(113(90)130-2)54-97-68-109(144-121(126)86-43-27-14-28-44-86)69-98(116(97)133-5)55-92-63-106(139-77-82-35-19-10-20-36-82)64-93(114(92)131-3)56-99-70-110(145-122(127)87-45-29-15-30-46-87)71-100(117(99)134-6)57-94-65-107(140-78-83-37-21-11-22-38-83)66-95(115(94)132-4)58-101-72-111(146-123(128)88-47-31-16-32-48-88)73-102(118(101)135-7)59-96-67-108(74-103(75-124)119(96)136-8)141-79-84-39-23-12-24-40-84/h9-50,60-74,124H,51-59,75-80H2,1-8H3. The lowest BCUT2D eigenvalue weighted by molar-refractivity contribution is -0.00886. The summed E-state index contributed by atoms with van der Waals surface area (Å²) in [5.41, 5.74) is 14.0. The minimum Gasteiger partial charge on any atom is -0.496 e. The van der Waals surface area contributed by atoms with Crippen LogP contribution in [-0.2, 0) is 87.5 Å². The second kappa shape index (κ2) is 50.5. The maximum absolute atomic E-state index is 14.7. The molecule has 0 atom stereocenters. The molecule has 0 heterocycles. The number of carbonyl (C=O) groups excluding carboxylic acids is 4. The number of rotatable bonds is 48. The fraction of sp³-hybridized carbons (Fsp3) is 0.187. The Bertz CT molecular complexity index is 7120. The van der Waals surface area contributed by atoms with Crippen LogP contribution in [0.2, 0.25) is 0 Å². The van der Waals surface area contributed by atoms with Crippen LogP contribution in [0.25, 0.3) is 0 Å². The van der Waals surface area contributed by atoms with E-state index in [1.54, 1.807) is 215 Å². The Morgan fingerprint density at radius 3 is 0.651 bits per heavy atom. The van der Waals surface area contributed by atoms with E-state index in [1.165, 1.54) is 0 Å². The van der Waals surface area contributed by atoms with Gasteiger partial charge in [-0.25, -0.2) is 19.2 Å². The van der Waals surface area contributed by atoms with Gasteiger partial charge in [0.05, 0.1) is 91.8 Å². The van der Waals surface area contributed by atoms with E-state index in [2.05, 4.69) is 0 Å². The summed E-state index contributed by atoms with van der Waals surface area (Å²) in [7, 11) is 12.7. The van der Waals surface area contributed by atoms with Crippen molar-refractivity contribution in [2.45, 2.75) is 78.0 Å². The molecule has 0 bridgehead atoms. The van der Waals surface area contributed by atoms with Crippen LogP contribution in [0.1, 0.15) is 147 Å². The zero-order chi connectivity index (χ0) is 101. The van der Waals surface area contributed by atoms with E-state index in [9.17, 15) is 24.3 Å². The van der Waals surface area contributed by atoms with Crippen molar-refractivity contribution in [1.82, 2.24) is 0 Å². The lowest BCUT2D eigenvalue weighted by Crippen LogP contribution is -2.11. The molecule has 0 aliphatic rings. The SMILES string of the molecule is COCCOCOc1ccc(OC(=O)c2ccccc2)cc1Cc1cc(OCc2ccccc2)cc(Cc2cc(OC(=O)c3ccccc3)cc(Cc3cc(OCc4ccccc4)cc(Cc4cc(OC(=O)c5ccccc5)cc(Cc5cc(OCc6ccccc6)cc(Cc6cc(OC(=O)c7ccccc7)cc(Cc7cc(OCc8ccccc8)cc(CO)c7OC)c6OC)c5OC)c4OC)c3OC)c2OC)c1OC. The van der Waals surface area contributed by atoms with E-state index in [4.69, 9.17) is 85.3 Å². The number of aliphatic hydroxyl groups is 1. The van der Waals surface area contributed by atoms with E-state index >= 15 is 0 Å².